The van der Waals surface area contributed by atoms with E-state index < -0.39 is 11.4 Å². The Labute approximate surface area is 142 Å². The Morgan fingerprint density at radius 2 is 1.71 bits per heavy atom. The Kier molecular flexibility index (Phi) is 4.24. The van der Waals surface area contributed by atoms with E-state index >= 15 is 0 Å². The van der Waals surface area contributed by atoms with Gasteiger partial charge in [-0.3, -0.25) is 4.98 Å². The van der Waals surface area contributed by atoms with E-state index in [0.29, 0.717) is 38.9 Å². The van der Waals surface area contributed by atoms with E-state index in [1.165, 1.54) is 0 Å². The van der Waals surface area contributed by atoms with Crippen LogP contribution in [0.25, 0.3) is 0 Å². The summed E-state index contributed by atoms with van der Waals surface area (Å²) in [5.41, 5.74) is 0.900. The predicted molar refractivity (Wildman–Crippen MR) is 88.7 cm³/mol. The van der Waals surface area contributed by atoms with Gasteiger partial charge >= 0.3 is 0 Å². The van der Waals surface area contributed by atoms with Crippen molar-refractivity contribution in [1.82, 2.24) is 4.98 Å². The van der Waals surface area contributed by atoms with Crippen molar-refractivity contribution in [2.24, 2.45) is 0 Å². The summed E-state index contributed by atoms with van der Waals surface area (Å²) in [5.74, 6) is -0.471. The number of hydrogen-bond donors (Lipinski definition) is 2. The highest BCUT2D eigenvalue weighted by molar-refractivity contribution is 5.45. The predicted octanol–water partition coefficient (Wildman–Crippen LogP) is 1.55. The molecule has 3 aliphatic rings. The standard InChI is InChI=1S/C18H26N2O4/c21-15-3-9-20(10-4-15)14-1-2-16(19-13-14)17(22)5-7-18(8-6-17)23-11-12-24-18/h1-2,13,15,21-22H,3-12H2. The molecule has 0 amide bonds. The Hall–Kier alpha value is -1.21. The molecule has 0 radical (unpaired) electrons. The minimum Gasteiger partial charge on any atom is -0.393 e. The van der Waals surface area contributed by atoms with Crippen LogP contribution in [0.1, 0.15) is 44.2 Å². The van der Waals surface area contributed by atoms with Crippen molar-refractivity contribution in [3.8, 4) is 0 Å². The summed E-state index contributed by atoms with van der Waals surface area (Å²) >= 11 is 0. The lowest BCUT2D eigenvalue weighted by Crippen LogP contribution is -2.42. The fraction of sp³-hybridized carbons (Fsp3) is 0.722. The summed E-state index contributed by atoms with van der Waals surface area (Å²) in [6.07, 6.45) is 5.89. The molecule has 1 spiro atoms. The average Bonchev–Trinajstić information content (AvgIpc) is 3.08. The number of rotatable bonds is 2. The first-order valence-electron chi connectivity index (χ1n) is 8.99. The number of ether oxygens (including phenoxy) is 2. The highest BCUT2D eigenvalue weighted by atomic mass is 16.7. The molecule has 2 N–H and O–H groups in total. The number of aromatic nitrogens is 1. The molecule has 4 rings (SSSR count). The molecule has 0 atom stereocenters. The Morgan fingerprint density at radius 3 is 2.29 bits per heavy atom. The van der Waals surface area contributed by atoms with E-state index in [0.717, 1.165) is 37.3 Å². The van der Waals surface area contributed by atoms with Crippen LogP contribution in [0.15, 0.2) is 18.3 Å². The maximum absolute atomic E-state index is 11.0. The SMILES string of the molecule is OC1CCN(c2ccc(C3(O)CCC4(CC3)OCCO4)nc2)CC1. The van der Waals surface area contributed by atoms with E-state index in [-0.39, 0.29) is 6.10 Å². The van der Waals surface area contributed by atoms with Crippen molar-refractivity contribution in [3.05, 3.63) is 24.0 Å². The van der Waals surface area contributed by atoms with E-state index in [1.807, 2.05) is 18.3 Å². The maximum atomic E-state index is 11.0. The highest BCUT2D eigenvalue weighted by Gasteiger charge is 2.46. The molecule has 1 aromatic rings. The number of anilines is 1. The monoisotopic (exact) mass is 334 g/mol. The van der Waals surface area contributed by atoms with Gasteiger partial charge in [0, 0.05) is 25.9 Å². The first-order chi connectivity index (χ1) is 11.6. The van der Waals surface area contributed by atoms with Gasteiger partial charge in [0.15, 0.2) is 5.79 Å². The minimum absolute atomic E-state index is 0.177. The molecule has 132 valence electrons. The second kappa shape index (κ2) is 6.26. The maximum Gasteiger partial charge on any atom is 0.168 e. The summed E-state index contributed by atoms with van der Waals surface area (Å²) < 4.78 is 11.5. The van der Waals surface area contributed by atoms with Gasteiger partial charge in [0.2, 0.25) is 0 Å². The van der Waals surface area contributed by atoms with Crippen LogP contribution in [-0.4, -0.2) is 53.4 Å². The van der Waals surface area contributed by atoms with E-state index in [1.54, 1.807) is 0 Å². The van der Waals surface area contributed by atoms with Crippen molar-refractivity contribution in [3.63, 3.8) is 0 Å². The van der Waals surface area contributed by atoms with E-state index in [4.69, 9.17) is 9.47 Å². The minimum atomic E-state index is -0.892. The van der Waals surface area contributed by atoms with Gasteiger partial charge in [0.25, 0.3) is 0 Å². The third kappa shape index (κ3) is 3.04. The number of aliphatic hydroxyl groups is 2. The van der Waals surface area contributed by atoms with Gasteiger partial charge in [-0.05, 0) is 37.8 Å². The first kappa shape index (κ1) is 16.3. The molecule has 6 heteroatoms. The summed E-state index contributed by atoms with van der Waals surface area (Å²) in [6, 6.07) is 3.97. The number of nitrogens with zero attached hydrogens (tertiary/aromatic N) is 2. The van der Waals surface area contributed by atoms with Crippen molar-refractivity contribution < 1.29 is 19.7 Å². The van der Waals surface area contributed by atoms with Gasteiger partial charge < -0.3 is 24.6 Å². The lowest BCUT2D eigenvalue weighted by atomic mass is 9.79. The zero-order valence-electron chi connectivity index (χ0n) is 14.0. The molecular formula is C18H26N2O4. The molecule has 0 aromatic carbocycles. The highest BCUT2D eigenvalue weighted by Crippen LogP contribution is 2.44. The third-order valence-electron chi connectivity index (χ3n) is 5.71. The Morgan fingerprint density at radius 1 is 1.04 bits per heavy atom. The van der Waals surface area contributed by atoms with Crippen molar-refractivity contribution in [2.75, 3.05) is 31.2 Å². The molecule has 0 unspecified atom stereocenters. The normalized spacial score (nSPS) is 26.8. The van der Waals surface area contributed by atoms with E-state index in [2.05, 4.69) is 9.88 Å². The average molecular weight is 334 g/mol. The first-order valence-corrected chi connectivity index (χ1v) is 8.99. The molecule has 1 saturated carbocycles. The van der Waals surface area contributed by atoms with Gasteiger partial charge in [-0.25, -0.2) is 0 Å². The molecule has 6 nitrogen and oxygen atoms in total. The summed E-state index contributed by atoms with van der Waals surface area (Å²) in [7, 11) is 0. The Bertz CT molecular complexity index is 553. The van der Waals surface area contributed by atoms with Crippen molar-refractivity contribution in [2.45, 2.75) is 56.0 Å². The molecule has 3 heterocycles. The van der Waals surface area contributed by atoms with Crippen LogP contribution in [0.5, 0.6) is 0 Å². The van der Waals surface area contributed by atoms with Crippen LogP contribution < -0.4 is 4.90 Å². The van der Waals surface area contributed by atoms with Gasteiger partial charge in [0.05, 0.1) is 36.9 Å². The number of aliphatic hydroxyl groups excluding tert-OH is 1. The smallest absolute Gasteiger partial charge is 0.168 e. The molecule has 0 bridgehead atoms. The summed E-state index contributed by atoms with van der Waals surface area (Å²) in [5, 5.41) is 20.6. The molecule has 2 saturated heterocycles. The lowest BCUT2D eigenvalue weighted by molar-refractivity contribution is -0.204. The summed E-state index contributed by atoms with van der Waals surface area (Å²) in [4.78, 5) is 6.79. The fourth-order valence-corrected chi connectivity index (χ4v) is 4.06. The quantitative estimate of drug-likeness (QED) is 0.855. The fourth-order valence-electron chi connectivity index (χ4n) is 4.06. The number of pyridine rings is 1. The largest absolute Gasteiger partial charge is 0.393 e. The third-order valence-corrected chi connectivity index (χ3v) is 5.71. The second-order valence-corrected chi connectivity index (χ2v) is 7.26. The lowest BCUT2D eigenvalue weighted by Gasteiger charge is -2.40. The zero-order chi connectivity index (χ0) is 16.6. The zero-order valence-corrected chi connectivity index (χ0v) is 14.0. The van der Waals surface area contributed by atoms with Crippen molar-refractivity contribution >= 4 is 5.69 Å². The van der Waals surface area contributed by atoms with Crippen LogP contribution in [0.4, 0.5) is 5.69 Å². The molecule has 1 aliphatic carbocycles. The van der Waals surface area contributed by atoms with Gasteiger partial charge in [-0.1, -0.05) is 0 Å². The summed E-state index contributed by atoms with van der Waals surface area (Å²) in [6.45, 7) is 3.00. The molecular weight excluding hydrogens is 308 g/mol. The number of piperidine rings is 1. The van der Waals surface area contributed by atoms with E-state index in [9.17, 15) is 10.2 Å². The van der Waals surface area contributed by atoms with Crippen LogP contribution >= 0.6 is 0 Å². The molecule has 1 aromatic heterocycles. The van der Waals surface area contributed by atoms with Crippen LogP contribution in [-0.2, 0) is 15.1 Å². The number of hydrogen-bond acceptors (Lipinski definition) is 6. The van der Waals surface area contributed by atoms with Crippen molar-refractivity contribution in [1.29, 1.82) is 0 Å². The van der Waals surface area contributed by atoms with Crippen LogP contribution in [0, 0.1) is 0 Å². The van der Waals surface area contributed by atoms with Crippen LogP contribution in [0.3, 0.4) is 0 Å². The van der Waals surface area contributed by atoms with Gasteiger partial charge in [0.1, 0.15) is 5.60 Å². The van der Waals surface area contributed by atoms with Gasteiger partial charge in [-0.15, -0.1) is 0 Å². The molecule has 3 fully saturated rings. The molecule has 2 aliphatic heterocycles. The Balaban J connectivity index is 1.43. The van der Waals surface area contributed by atoms with Crippen LogP contribution in [0.2, 0.25) is 0 Å². The van der Waals surface area contributed by atoms with Gasteiger partial charge in [-0.2, -0.15) is 0 Å². The second-order valence-electron chi connectivity index (χ2n) is 7.26. The molecule has 24 heavy (non-hydrogen) atoms. The topological polar surface area (TPSA) is 75.1 Å².